The maximum Gasteiger partial charge on any atom is 0.317 e. The van der Waals surface area contributed by atoms with Crippen LogP contribution < -0.4 is 5.32 Å². The van der Waals surface area contributed by atoms with E-state index in [1.54, 1.807) is 17.0 Å². The Hall–Kier alpha value is -1.26. The van der Waals surface area contributed by atoms with Crippen molar-refractivity contribution in [3.63, 3.8) is 0 Å². The fourth-order valence-electron chi connectivity index (χ4n) is 1.83. The first-order chi connectivity index (χ1) is 8.70. The van der Waals surface area contributed by atoms with Crippen LogP contribution >= 0.6 is 11.6 Å². The van der Waals surface area contributed by atoms with Crippen molar-refractivity contribution in [2.24, 2.45) is 0 Å². The normalized spacial score (nSPS) is 14.3. The number of aliphatic hydroxyl groups is 1. The Morgan fingerprint density at radius 1 is 1.39 bits per heavy atom. The van der Waals surface area contributed by atoms with Crippen LogP contribution in [0, 0.1) is 0 Å². The van der Waals surface area contributed by atoms with E-state index >= 15 is 0 Å². The average Bonchev–Trinajstić information content (AvgIpc) is 3.19. The molecule has 2 rings (SSSR count). The lowest BCUT2D eigenvalue weighted by atomic mass is 10.2. The third kappa shape index (κ3) is 3.62. The molecule has 1 aliphatic carbocycles. The van der Waals surface area contributed by atoms with Crippen LogP contribution in [0.5, 0.6) is 0 Å². The zero-order valence-electron chi connectivity index (χ0n) is 10.1. The molecule has 2 amide bonds. The molecule has 1 fully saturated rings. The van der Waals surface area contributed by atoms with E-state index in [9.17, 15) is 4.79 Å². The van der Waals surface area contributed by atoms with Crippen LogP contribution in [-0.4, -0.2) is 35.2 Å². The summed E-state index contributed by atoms with van der Waals surface area (Å²) in [5.41, 5.74) is 1.01. The zero-order chi connectivity index (χ0) is 13.0. The van der Waals surface area contributed by atoms with Gasteiger partial charge in [-0.25, -0.2) is 4.79 Å². The Bertz CT molecular complexity index is 404. The predicted octanol–water partition coefficient (Wildman–Crippen LogP) is 2.01. The molecule has 1 saturated carbocycles. The van der Waals surface area contributed by atoms with Gasteiger partial charge >= 0.3 is 6.03 Å². The minimum atomic E-state index is -0.110. The average molecular weight is 269 g/mol. The topological polar surface area (TPSA) is 52.6 Å². The first-order valence-corrected chi connectivity index (χ1v) is 6.48. The Morgan fingerprint density at radius 2 is 2.06 bits per heavy atom. The van der Waals surface area contributed by atoms with E-state index < -0.39 is 0 Å². The van der Waals surface area contributed by atoms with Gasteiger partial charge in [-0.3, -0.25) is 0 Å². The predicted molar refractivity (Wildman–Crippen MR) is 70.5 cm³/mol. The van der Waals surface area contributed by atoms with E-state index in [-0.39, 0.29) is 12.6 Å². The molecule has 0 heterocycles. The molecule has 0 aromatic heterocycles. The molecular weight excluding hydrogens is 252 g/mol. The molecule has 0 unspecified atom stereocenters. The summed E-state index contributed by atoms with van der Waals surface area (Å²) >= 11 is 5.79. The minimum absolute atomic E-state index is 0.00483. The lowest BCUT2D eigenvalue weighted by molar-refractivity contribution is 0.173. The second-order valence-electron chi connectivity index (χ2n) is 4.43. The number of hydrogen-bond acceptors (Lipinski definition) is 2. The van der Waals surface area contributed by atoms with Crippen molar-refractivity contribution >= 4 is 17.6 Å². The third-order valence-corrected chi connectivity index (χ3v) is 3.20. The van der Waals surface area contributed by atoms with Crippen LogP contribution in [0.4, 0.5) is 4.79 Å². The van der Waals surface area contributed by atoms with Gasteiger partial charge in [-0.15, -0.1) is 0 Å². The standard InChI is InChI=1S/C13H17ClN2O2/c14-11-3-1-10(2-4-11)9-15-13(18)16(7-8-17)12-5-6-12/h1-4,12,17H,5-9H2,(H,15,18). The fourth-order valence-corrected chi connectivity index (χ4v) is 1.95. The summed E-state index contributed by atoms with van der Waals surface area (Å²) in [6.45, 7) is 0.882. The number of nitrogens with zero attached hydrogens (tertiary/aromatic N) is 1. The van der Waals surface area contributed by atoms with Crippen molar-refractivity contribution in [2.45, 2.75) is 25.4 Å². The van der Waals surface area contributed by atoms with Crippen LogP contribution in [0.3, 0.4) is 0 Å². The number of halogens is 1. The van der Waals surface area contributed by atoms with E-state index in [0.717, 1.165) is 18.4 Å². The van der Waals surface area contributed by atoms with Gasteiger partial charge in [-0.2, -0.15) is 0 Å². The van der Waals surface area contributed by atoms with Crippen molar-refractivity contribution in [1.82, 2.24) is 10.2 Å². The van der Waals surface area contributed by atoms with Crippen LogP contribution in [0.15, 0.2) is 24.3 Å². The summed E-state index contributed by atoms with van der Waals surface area (Å²) in [6.07, 6.45) is 2.07. The van der Waals surface area contributed by atoms with Gasteiger partial charge in [0.05, 0.1) is 6.61 Å². The van der Waals surface area contributed by atoms with Gasteiger partial charge in [0.25, 0.3) is 0 Å². The second-order valence-corrected chi connectivity index (χ2v) is 4.87. The Balaban J connectivity index is 1.84. The van der Waals surface area contributed by atoms with E-state index in [1.165, 1.54) is 0 Å². The number of amides is 2. The smallest absolute Gasteiger partial charge is 0.317 e. The minimum Gasteiger partial charge on any atom is -0.395 e. The number of hydrogen-bond donors (Lipinski definition) is 2. The largest absolute Gasteiger partial charge is 0.395 e. The molecule has 98 valence electrons. The highest BCUT2D eigenvalue weighted by atomic mass is 35.5. The van der Waals surface area contributed by atoms with Gasteiger partial charge in [-0.05, 0) is 30.5 Å². The first kappa shape index (κ1) is 13.2. The number of rotatable bonds is 5. The van der Waals surface area contributed by atoms with E-state index in [0.29, 0.717) is 24.2 Å². The van der Waals surface area contributed by atoms with Crippen molar-refractivity contribution in [2.75, 3.05) is 13.2 Å². The summed E-state index contributed by atoms with van der Waals surface area (Å²) in [6, 6.07) is 7.57. The monoisotopic (exact) mass is 268 g/mol. The highest BCUT2D eigenvalue weighted by Crippen LogP contribution is 2.26. The molecule has 4 nitrogen and oxygen atoms in total. The number of carbonyl (C=O) groups excluding carboxylic acids is 1. The van der Waals surface area contributed by atoms with Gasteiger partial charge in [0.15, 0.2) is 0 Å². The molecule has 2 N–H and O–H groups in total. The Morgan fingerprint density at radius 3 is 2.61 bits per heavy atom. The lowest BCUT2D eigenvalue weighted by Crippen LogP contribution is -2.42. The fraction of sp³-hybridized carbons (Fsp3) is 0.462. The van der Waals surface area contributed by atoms with Gasteiger partial charge < -0.3 is 15.3 Å². The van der Waals surface area contributed by atoms with Crippen LogP contribution in [0.25, 0.3) is 0 Å². The van der Waals surface area contributed by atoms with Crippen molar-refractivity contribution in [1.29, 1.82) is 0 Å². The van der Waals surface area contributed by atoms with E-state index in [1.807, 2.05) is 12.1 Å². The summed E-state index contributed by atoms with van der Waals surface area (Å²) in [7, 11) is 0. The first-order valence-electron chi connectivity index (χ1n) is 6.10. The van der Waals surface area contributed by atoms with Crippen LogP contribution in [-0.2, 0) is 6.54 Å². The molecule has 0 spiro atoms. The Kier molecular flexibility index (Phi) is 4.44. The third-order valence-electron chi connectivity index (χ3n) is 2.95. The second kappa shape index (κ2) is 6.07. The zero-order valence-corrected chi connectivity index (χ0v) is 10.9. The number of aliphatic hydroxyl groups excluding tert-OH is 1. The van der Waals surface area contributed by atoms with Gasteiger partial charge in [0.1, 0.15) is 0 Å². The SMILES string of the molecule is O=C(NCc1ccc(Cl)cc1)N(CCO)C1CC1. The van der Waals surface area contributed by atoms with E-state index in [2.05, 4.69) is 5.32 Å². The highest BCUT2D eigenvalue weighted by Gasteiger charge is 2.31. The maximum atomic E-state index is 11.9. The molecule has 1 aromatic rings. The highest BCUT2D eigenvalue weighted by molar-refractivity contribution is 6.30. The maximum absolute atomic E-state index is 11.9. The number of urea groups is 1. The molecular formula is C13H17ClN2O2. The lowest BCUT2D eigenvalue weighted by Gasteiger charge is -2.21. The molecule has 1 aromatic carbocycles. The van der Waals surface area contributed by atoms with Crippen LogP contribution in [0.1, 0.15) is 18.4 Å². The summed E-state index contributed by atoms with van der Waals surface area (Å²) in [5, 5.41) is 12.5. The van der Waals surface area contributed by atoms with Crippen LogP contribution in [0.2, 0.25) is 5.02 Å². The quantitative estimate of drug-likeness (QED) is 0.858. The number of carbonyl (C=O) groups is 1. The van der Waals surface area contributed by atoms with Gasteiger partial charge in [0, 0.05) is 24.2 Å². The Labute approximate surface area is 112 Å². The molecule has 0 atom stereocenters. The molecule has 5 heteroatoms. The molecule has 0 aliphatic heterocycles. The molecule has 1 aliphatic rings. The number of benzene rings is 1. The van der Waals surface area contributed by atoms with Crippen molar-refractivity contribution in [3.05, 3.63) is 34.9 Å². The van der Waals surface area contributed by atoms with Gasteiger partial charge in [-0.1, -0.05) is 23.7 Å². The number of nitrogens with one attached hydrogen (secondary N) is 1. The van der Waals surface area contributed by atoms with Gasteiger partial charge in [0.2, 0.25) is 0 Å². The van der Waals surface area contributed by atoms with Crippen molar-refractivity contribution in [3.8, 4) is 0 Å². The van der Waals surface area contributed by atoms with E-state index in [4.69, 9.17) is 16.7 Å². The molecule has 0 saturated heterocycles. The molecule has 18 heavy (non-hydrogen) atoms. The summed E-state index contributed by atoms with van der Waals surface area (Å²) < 4.78 is 0. The summed E-state index contributed by atoms with van der Waals surface area (Å²) in [5.74, 6) is 0. The van der Waals surface area contributed by atoms with Crippen molar-refractivity contribution < 1.29 is 9.90 Å². The molecule has 0 radical (unpaired) electrons. The molecule has 0 bridgehead atoms. The summed E-state index contributed by atoms with van der Waals surface area (Å²) in [4.78, 5) is 13.6.